The van der Waals surface area contributed by atoms with Crippen molar-refractivity contribution < 1.29 is 0 Å². The van der Waals surface area contributed by atoms with Crippen LogP contribution in [-0.2, 0) is 0 Å². The summed E-state index contributed by atoms with van der Waals surface area (Å²) in [5, 5.41) is 10.8. The lowest BCUT2D eigenvalue weighted by Gasteiger charge is -2.26. The minimum absolute atomic E-state index is 0.854. The van der Waals surface area contributed by atoms with E-state index in [0.29, 0.717) is 0 Å². The van der Waals surface area contributed by atoms with Gasteiger partial charge in [-0.05, 0) is 105 Å². The van der Waals surface area contributed by atoms with Gasteiger partial charge in [-0.3, -0.25) is 4.57 Å². The van der Waals surface area contributed by atoms with Crippen LogP contribution in [-0.4, -0.2) is 19.5 Å². The van der Waals surface area contributed by atoms with E-state index in [9.17, 15) is 0 Å². The fraction of sp³-hybridized carbons (Fsp3) is 0. The van der Waals surface area contributed by atoms with Crippen LogP contribution in [0, 0.1) is 0 Å². The van der Waals surface area contributed by atoms with Crippen LogP contribution in [0.25, 0.3) is 92.9 Å². The Balaban J connectivity index is 1.13. The highest BCUT2D eigenvalue weighted by Gasteiger charge is 2.19. The molecule has 0 atom stereocenters. The molecule has 0 bridgehead atoms. The zero-order valence-corrected chi connectivity index (χ0v) is 29.6. The first-order chi connectivity index (χ1) is 27.3. The van der Waals surface area contributed by atoms with Crippen molar-refractivity contribution >= 4 is 104 Å². The van der Waals surface area contributed by atoms with Crippen molar-refractivity contribution in [1.82, 2.24) is 19.5 Å². The highest BCUT2D eigenvalue weighted by molar-refractivity contribution is 6.26. The van der Waals surface area contributed by atoms with E-state index < -0.39 is 0 Å². The van der Waals surface area contributed by atoms with Crippen molar-refractivity contribution in [3.05, 3.63) is 182 Å². The lowest BCUT2D eigenvalue weighted by atomic mass is 9.93. The summed E-state index contributed by atoms with van der Waals surface area (Å²) in [6.07, 6.45) is 0. The zero-order chi connectivity index (χ0) is 36.0. The van der Waals surface area contributed by atoms with Gasteiger partial charge in [0.15, 0.2) is 5.65 Å². The topological polar surface area (TPSA) is 49.7 Å². The molecule has 0 aliphatic carbocycles. The number of fused-ring (bicyclic) bond motifs is 13. The number of hydrogen-bond donors (Lipinski definition) is 1. The third-order valence-corrected chi connectivity index (χ3v) is 11.2. The molecular weight excluding hydrogens is 671 g/mol. The van der Waals surface area contributed by atoms with E-state index in [1.54, 1.807) is 0 Å². The quantitative estimate of drug-likeness (QED) is 0.186. The van der Waals surface area contributed by atoms with Gasteiger partial charge in [0, 0.05) is 49.9 Å². The molecule has 0 saturated heterocycles. The van der Waals surface area contributed by atoms with Crippen molar-refractivity contribution in [2.75, 3.05) is 4.90 Å². The van der Waals surface area contributed by atoms with E-state index in [2.05, 4.69) is 172 Å². The van der Waals surface area contributed by atoms with Crippen LogP contribution in [0.1, 0.15) is 0 Å². The second-order valence-electron chi connectivity index (χ2n) is 14.3. The molecule has 3 aromatic heterocycles. The predicted molar refractivity (Wildman–Crippen MR) is 230 cm³/mol. The standard InChI is InChI=1S/C50H31N5/c1-2-12-31(13-3-1)54(34-24-27-40-39-16-6-8-18-44(39)51-47(40)30-34)32-22-25-37-35-14-4-5-15-36(35)38-26-23-33(29-43(38)42(37)28-32)55-48-21-11-7-17-41(48)49-50(55)53-46-20-10-9-19-45(46)52-49/h1-30,51H. The summed E-state index contributed by atoms with van der Waals surface area (Å²) in [5.41, 5.74) is 11.2. The SMILES string of the molecule is c1ccc(N(c2ccc3c(c2)[nH]c2ccccc23)c2ccc3c4ccccc4c4ccc(-n5c6ccccc6c6nc7ccccc7nc65)cc4c3c2)cc1. The molecule has 0 aliphatic rings. The summed E-state index contributed by atoms with van der Waals surface area (Å²) in [6, 6.07) is 65.1. The fourth-order valence-electron chi connectivity index (χ4n) is 8.79. The molecule has 0 fully saturated rings. The zero-order valence-electron chi connectivity index (χ0n) is 29.6. The summed E-state index contributed by atoms with van der Waals surface area (Å²) in [4.78, 5) is 16.4. The smallest absolute Gasteiger partial charge is 0.165 e. The molecule has 9 aromatic carbocycles. The summed E-state index contributed by atoms with van der Waals surface area (Å²) in [5.74, 6) is 0. The van der Waals surface area contributed by atoms with Gasteiger partial charge in [0.1, 0.15) is 5.52 Å². The molecule has 0 radical (unpaired) electrons. The Morgan fingerprint density at radius 2 is 0.945 bits per heavy atom. The van der Waals surface area contributed by atoms with Crippen LogP contribution in [0.3, 0.4) is 0 Å². The first-order valence-electron chi connectivity index (χ1n) is 18.7. The molecule has 256 valence electrons. The van der Waals surface area contributed by atoms with Crippen molar-refractivity contribution in [2.24, 2.45) is 0 Å². The van der Waals surface area contributed by atoms with Gasteiger partial charge in [-0.25, -0.2) is 9.97 Å². The van der Waals surface area contributed by atoms with Gasteiger partial charge in [-0.1, -0.05) is 109 Å². The Hall–Kier alpha value is -7.50. The van der Waals surface area contributed by atoms with Gasteiger partial charge in [0.2, 0.25) is 0 Å². The Morgan fingerprint density at radius 1 is 0.382 bits per heavy atom. The molecule has 5 nitrogen and oxygen atoms in total. The third kappa shape index (κ3) is 4.47. The van der Waals surface area contributed by atoms with Gasteiger partial charge >= 0.3 is 0 Å². The maximum atomic E-state index is 5.21. The van der Waals surface area contributed by atoms with Crippen molar-refractivity contribution in [3.63, 3.8) is 0 Å². The molecule has 0 spiro atoms. The summed E-state index contributed by atoms with van der Waals surface area (Å²) < 4.78 is 2.28. The fourth-order valence-corrected chi connectivity index (χ4v) is 8.79. The number of rotatable bonds is 4. The molecule has 3 heterocycles. The molecule has 12 aromatic rings. The first kappa shape index (κ1) is 30.0. The normalized spacial score (nSPS) is 12.0. The molecule has 0 amide bonds. The van der Waals surface area contributed by atoms with Gasteiger partial charge in [-0.15, -0.1) is 0 Å². The van der Waals surface area contributed by atoms with Crippen LogP contribution < -0.4 is 4.90 Å². The number of para-hydroxylation sites is 5. The minimum Gasteiger partial charge on any atom is -0.354 e. The molecule has 55 heavy (non-hydrogen) atoms. The Labute approximate surface area is 315 Å². The number of aromatic amines is 1. The van der Waals surface area contributed by atoms with E-state index in [-0.39, 0.29) is 0 Å². The van der Waals surface area contributed by atoms with E-state index in [1.165, 1.54) is 43.1 Å². The van der Waals surface area contributed by atoms with E-state index in [1.807, 2.05) is 24.3 Å². The number of H-pyrrole nitrogens is 1. The van der Waals surface area contributed by atoms with Crippen LogP contribution >= 0.6 is 0 Å². The monoisotopic (exact) mass is 701 g/mol. The maximum absolute atomic E-state index is 5.21. The summed E-state index contributed by atoms with van der Waals surface area (Å²) >= 11 is 0. The number of anilines is 3. The molecule has 12 rings (SSSR count). The number of nitrogens with zero attached hydrogens (tertiary/aromatic N) is 4. The highest BCUT2D eigenvalue weighted by Crippen LogP contribution is 2.43. The van der Waals surface area contributed by atoms with E-state index in [4.69, 9.17) is 9.97 Å². The largest absolute Gasteiger partial charge is 0.354 e. The number of hydrogen-bond acceptors (Lipinski definition) is 3. The van der Waals surface area contributed by atoms with Crippen molar-refractivity contribution in [3.8, 4) is 5.69 Å². The number of nitrogens with one attached hydrogen (secondary N) is 1. The number of benzene rings is 9. The summed E-state index contributed by atoms with van der Waals surface area (Å²) in [7, 11) is 0. The second-order valence-corrected chi connectivity index (χ2v) is 14.3. The van der Waals surface area contributed by atoms with Crippen LogP contribution in [0.15, 0.2) is 182 Å². The lowest BCUT2D eigenvalue weighted by molar-refractivity contribution is 1.15. The third-order valence-electron chi connectivity index (χ3n) is 11.2. The van der Waals surface area contributed by atoms with E-state index in [0.717, 1.165) is 66.9 Å². The van der Waals surface area contributed by atoms with Gasteiger partial charge in [0.05, 0.1) is 16.6 Å². The van der Waals surface area contributed by atoms with Gasteiger partial charge in [0.25, 0.3) is 0 Å². The molecule has 0 saturated carbocycles. The van der Waals surface area contributed by atoms with E-state index >= 15 is 0 Å². The summed E-state index contributed by atoms with van der Waals surface area (Å²) in [6.45, 7) is 0. The number of aromatic nitrogens is 4. The molecule has 0 aliphatic heterocycles. The van der Waals surface area contributed by atoms with Crippen LogP contribution in [0.5, 0.6) is 0 Å². The maximum Gasteiger partial charge on any atom is 0.165 e. The Morgan fingerprint density at radius 3 is 1.75 bits per heavy atom. The average Bonchev–Trinajstić information content (AvgIpc) is 3.78. The van der Waals surface area contributed by atoms with Crippen molar-refractivity contribution in [2.45, 2.75) is 0 Å². The Kier molecular flexibility index (Phi) is 6.27. The Bertz CT molecular complexity index is 3500. The molecule has 0 unspecified atom stereocenters. The highest BCUT2D eigenvalue weighted by atomic mass is 15.1. The first-order valence-corrected chi connectivity index (χ1v) is 18.7. The second kappa shape index (κ2) is 11.5. The molecule has 1 N–H and O–H groups in total. The van der Waals surface area contributed by atoms with Gasteiger partial charge in [-0.2, -0.15) is 0 Å². The molecule has 5 heteroatoms. The van der Waals surface area contributed by atoms with Gasteiger partial charge < -0.3 is 9.88 Å². The van der Waals surface area contributed by atoms with Crippen LogP contribution in [0.4, 0.5) is 17.1 Å². The van der Waals surface area contributed by atoms with Crippen LogP contribution in [0.2, 0.25) is 0 Å². The average molecular weight is 702 g/mol. The minimum atomic E-state index is 0.854. The molecular formula is C50H31N5. The van der Waals surface area contributed by atoms with Crippen molar-refractivity contribution in [1.29, 1.82) is 0 Å². The predicted octanol–water partition coefficient (Wildman–Crippen LogP) is 13.3. The lowest BCUT2D eigenvalue weighted by Crippen LogP contribution is -2.09.